The molecule has 0 aromatic heterocycles. The normalized spacial score (nSPS) is 26.6. The van der Waals surface area contributed by atoms with E-state index in [0.29, 0.717) is 19.3 Å². The Labute approximate surface area is 573 Å². The Hall–Kier alpha value is -4.91. The number of benzene rings is 5. The number of halogens is 3. The molecule has 10 atom stereocenters. The van der Waals surface area contributed by atoms with Crippen LogP contribution in [0.25, 0.3) is 0 Å². The SMILES string of the molecule is CCCC1CC(CC(O)CCCC2CC(CCCC3CC(CC)OC(c4cccc(O)c4)O3)OC(c3cccc(O)c3)O2)OC(c2cccc(OC3=C(/C=C/C4=[N+](CC)c5ccc(Br)cc5C4(C)C)CCC/C3=C\C=C3\N(CC)c4ccc(Br)cc4C3(C)C)c2)O1.[Br-]. The van der Waals surface area contributed by atoms with E-state index in [1.807, 2.05) is 36.4 Å². The molecular weight excluding hydrogens is 1350 g/mol. The Bertz CT molecular complexity index is 3520. The molecule has 1 aliphatic carbocycles. The van der Waals surface area contributed by atoms with E-state index in [9.17, 15) is 15.3 Å². The molecule has 6 aliphatic rings. The summed E-state index contributed by atoms with van der Waals surface area (Å²) in [6.45, 7) is 19.8. The maximum Gasteiger partial charge on any atom is 0.209 e. The van der Waals surface area contributed by atoms with E-state index in [0.717, 1.165) is 145 Å². The predicted octanol–water partition coefficient (Wildman–Crippen LogP) is 15.9. The Balaban J connectivity index is 0.00000927. The van der Waals surface area contributed by atoms with Gasteiger partial charge in [0.15, 0.2) is 24.6 Å². The molecule has 0 bridgehead atoms. The van der Waals surface area contributed by atoms with Crippen molar-refractivity contribution in [3.63, 3.8) is 0 Å². The van der Waals surface area contributed by atoms with Crippen LogP contribution in [0, 0.1) is 0 Å². The topological polar surface area (TPSA) is 132 Å². The number of aromatic hydroxyl groups is 2. The molecule has 0 amide bonds. The summed E-state index contributed by atoms with van der Waals surface area (Å²) >= 11 is 7.53. The maximum absolute atomic E-state index is 11.8. The second-order valence-electron chi connectivity index (χ2n) is 26.8. The van der Waals surface area contributed by atoms with Gasteiger partial charge in [-0.25, -0.2) is 0 Å². The van der Waals surface area contributed by atoms with Crippen molar-refractivity contribution in [1.82, 2.24) is 0 Å². The van der Waals surface area contributed by atoms with E-state index in [1.54, 1.807) is 24.3 Å². The molecule has 0 spiro atoms. The van der Waals surface area contributed by atoms with Gasteiger partial charge in [-0.3, -0.25) is 0 Å². The number of aliphatic hydroxyl groups excluding tert-OH is 1. The highest BCUT2D eigenvalue weighted by Gasteiger charge is 2.45. The highest BCUT2D eigenvalue weighted by Crippen LogP contribution is 2.50. The number of hydrogen-bond donors (Lipinski definition) is 3. The first-order valence-corrected chi connectivity index (χ1v) is 35.3. The first-order chi connectivity index (χ1) is 43.9. The van der Waals surface area contributed by atoms with E-state index in [2.05, 4.69) is 170 Å². The summed E-state index contributed by atoms with van der Waals surface area (Å²) in [5, 5.41) is 32.5. The third-order valence-electron chi connectivity index (χ3n) is 19.5. The number of allylic oxidation sites excluding steroid dienone is 7. The van der Waals surface area contributed by atoms with E-state index in [4.69, 9.17) is 33.2 Å². The molecule has 10 unspecified atom stereocenters. The van der Waals surface area contributed by atoms with Gasteiger partial charge >= 0.3 is 0 Å². The molecule has 92 heavy (non-hydrogen) atoms. The molecule has 3 saturated heterocycles. The molecule has 15 heteroatoms. The van der Waals surface area contributed by atoms with Gasteiger partial charge in [0.25, 0.3) is 0 Å². The number of nitrogens with zero attached hydrogens (tertiary/aromatic N) is 2. The smallest absolute Gasteiger partial charge is 0.209 e. The minimum atomic E-state index is -0.632. The van der Waals surface area contributed by atoms with Crippen LogP contribution in [0.5, 0.6) is 17.2 Å². The fourth-order valence-corrected chi connectivity index (χ4v) is 15.5. The quantitative estimate of drug-likeness (QED) is 0.0540. The molecule has 5 aromatic carbocycles. The minimum absolute atomic E-state index is 0. The number of ether oxygens (including phenoxy) is 7. The van der Waals surface area contributed by atoms with Gasteiger partial charge in [-0.05, 0) is 200 Å². The van der Waals surface area contributed by atoms with E-state index >= 15 is 0 Å². The van der Waals surface area contributed by atoms with Crippen LogP contribution in [0.4, 0.5) is 11.4 Å². The third-order valence-corrected chi connectivity index (χ3v) is 20.5. The van der Waals surface area contributed by atoms with Crippen LogP contribution in [0.15, 0.2) is 165 Å². The lowest BCUT2D eigenvalue weighted by Crippen LogP contribution is -3.00. The summed E-state index contributed by atoms with van der Waals surface area (Å²) < 4.78 is 51.6. The summed E-state index contributed by atoms with van der Waals surface area (Å²) in [6, 6.07) is 35.8. The Morgan fingerprint density at radius 2 is 1.18 bits per heavy atom. The summed E-state index contributed by atoms with van der Waals surface area (Å²) in [7, 11) is 0. The molecule has 12 nitrogen and oxygen atoms in total. The third kappa shape index (κ3) is 16.3. The van der Waals surface area contributed by atoms with Gasteiger partial charge in [0.05, 0.1) is 48.1 Å². The van der Waals surface area contributed by atoms with Crippen LogP contribution in [0.1, 0.15) is 205 Å². The first-order valence-electron chi connectivity index (χ1n) is 33.7. The van der Waals surface area contributed by atoms with Crippen LogP contribution in [-0.4, -0.2) is 81.4 Å². The standard InChI is InChI=1S/C77H94Br2N2O10.BrH/c1-9-19-60-48-65(45-58(84)27-17-29-63-47-64(90-74(89-63)52-23-15-26-57(83)41-52)31-18-30-62-46-59(10-2)86-73(88-62)51-22-14-25-56(82)40-51)91-75(87-60)53-24-16-28-61(42-53)85-72-49(32-38-70-76(5,6)66-43-54(78)34-36-68(66)80(70)11-3)20-13-21-50(72)33-39-71-77(7,8)67-44-55(79)35-37-69(67)81(71)12-4;/h14-16,22-26,28,32-44,58-60,62-65,73-75,84H,9-13,17-21,27,29-31,45-48H2,1-8H3,(H-,82,83);1H. The highest BCUT2D eigenvalue weighted by atomic mass is 79.9. The van der Waals surface area contributed by atoms with E-state index < -0.39 is 25.0 Å². The van der Waals surface area contributed by atoms with Crippen molar-refractivity contribution in [3.8, 4) is 17.2 Å². The fraction of sp³-hybridized carbons (Fsp3) is 0.494. The van der Waals surface area contributed by atoms with Gasteiger partial charge in [-0.15, -0.1) is 0 Å². The summed E-state index contributed by atoms with van der Waals surface area (Å²) in [6.07, 6.45) is 19.6. The largest absolute Gasteiger partial charge is 1.00 e. The van der Waals surface area contributed by atoms with Crippen LogP contribution in [0.3, 0.4) is 0 Å². The molecule has 5 aromatic rings. The predicted molar refractivity (Wildman–Crippen MR) is 367 cm³/mol. The van der Waals surface area contributed by atoms with Crippen molar-refractivity contribution in [2.24, 2.45) is 0 Å². The van der Waals surface area contributed by atoms with Crippen LogP contribution >= 0.6 is 31.9 Å². The molecule has 11 rings (SSSR count). The second kappa shape index (κ2) is 31.3. The molecule has 494 valence electrons. The lowest BCUT2D eigenvalue weighted by atomic mass is 9.81. The molecule has 0 saturated carbocycles. The minimum Gasteiger partial charge on any atom is -1.00 e. The van der Waals surface area contributed by atoms with Crippen molar-refractivity contribution in [3.05, 3.63) is 193 Å². The molecule has 0 radical (unpaired) electrons. The highest BCUT2D eigenvalue weighted by molar-refractivity contribution is 9.10. The van der Waals surface area contributed by atoms with Crippen molar-refractivity contribution >= 4 is 48.9 Å². The number of fused-ring (bicyclic) bond motifs is 2. The molecular formula is C77H95Br3N2O10. The van der Waals surface area contributed by atoms with Crippen molar-refractivity contribution < 1.29 is 70.0 Å². The van der Waals surface area contributed by atoms with Gasteiger partial charge < -0.3 is 70.4 Å². The zero-order chi connectivity index (χ0) is 64.0. The van der Waals surface area contributed by atoms with Crippen molar-refractivity contribution in [2.45, 2.75) is 231 Å². The number of rotatable bonds is 23. The van der Waals surface area contributed by atoms with Crippen molar-refractivity contribution in [1.29, 1.82) is 0 Å². The van der Waals surface area contributed by atoms with Gasteiger partial charge in [0.2, 0.25) is 5.69 Å². The van der Waals surface area contributed by atoms with E-state index in [1.165, 1.54) is 33.9 Å². The summed E-state index contributed by atoms with van der Waals surface area (Å²) in [5.74, 6) is 1.96. The average Bonchev–Trinajstić information content (AvgIpc) is 1.61. The molecule has 5 aliphatic heterocycles. The van der Waals surface area contributed by atoms with Gasteiger partial charge in [-0.1, -0.05) is 108 Å². The number of likely N-dealkylation sites (N-methyl/N-ethyl adjacent to an activating group) is 1. The number of hydrogen-bond acceptors (Lipinski definition) is 11. The van der Waals surface area contributed by atoms with Crippen LogP contribution < -0.4 is 26.6 Å². The van der Waals surface area contributed by atoms with Crippen LogP contribution in [0.2, 0.25) is 0 Å². The Morgan fingerprint density at radius 3 is 1.80 bits per heavy atom. The number of anilines is 1. The lowest BCUT2D eigenvalue weighted by Gasteiger charge is -2.38. The number of phenols is 2. The van der Waals surface area contributed by atoms with Crippen LogP contribution in [-0.2, 0) is 39.3 Å². The zero-order valence-electron chi connectivity index (χ0n) is 54.9. The lowest BCUT2D eigenvalue weighted by molar-refractivity contribution is -0.433. The fourth-order valence-electron chi connectivity index (χ4n) is 14.8. The summed E-state index contributed by atoms with van der Waals surface area (Å²) in [5.41, 5.74) is 12.0. The van der Waals surface area contributed by atoms with Gasteiger partial charge in [0, 0.05) is 85.9 Å². The van der Waals surface area contributed by atoms with Crippen molar-refractivity contribution in [2.75, 3.05) is 18.0 Å². The summed E-state index contributed by atoms with van der Waals surface area (Å²) in [4.78, 5) is 2.45. The monoisotopic (exact) mass is 1440 g/mol. The number of phenolic OH excluding ortho intramolecular Hbond substituents is 2. The van der Waals surface area contributed by atoms with E-state index in [-0.39, 0.29) is 75.9 Å². The zero-order valence-corrected chi connectivity index (χ0v) is 59.7. The first kappa shape index (κ1) is 69.9. The maximum atomic E-state index is 11.8. The Kier molecular flexibility index (Phi) is 23.8. The van der Waals surface area contributed by atoms with Gasteiger partial charge in [-0.2, -0.15) is 4.58 Å². The molecule has 3 fully saturated rings. The second-order valence-corrected chi connectivity index (χ2v) is 28.6. The molecule has 5 heterocycles. The average molecular weight is 1450 g/mol. The molecule has 3 N–H and O–H groups in total. The Morgan fingerprint density at radius 1 is 0.620 bits per heavy atom. The number of aliphatic hydroxyl groups is 1. The van der Waals surface area contributed by atoms with Gasteiger partial charge in [0.1, 0.15) is 29.6 Å².